The van der Waals surface area contributed by atoms with Crippen LogP contribution in [-0.2, 0) is 36.8 Å². The first kappa shape index (κ1) is 60.5. The number of alkyl halides is 6. The molecule has 3 aliphatic heterocycles. The van der Waals surface area contributed by atoms with Crippen molar-refractivity contribution in [2.45, 2.75) is 115 Å². The highest BCUT2D eigenvalue weighted by Gasteiger charge is 2.58. The Hall–Kier alpha value is -7.14. The number of carbonyl (C=O) groups is 4. The first-order chi connectivity index (χ1) is 37.6. The number of amides is 4. The van der Waals surface area contributed by atoms with E-state index in [0.29, 0.717) is 73.2 Å². The van der Waals surface area contributed by atoms with Crippen LogP contribution in [0.2, 0.25) is 0 Å². The predicted molar refractivity (Wildman–Crippen MR) is 275 cm³/mol. The molecule has 80 heavy (non-hydrogen) atoms. The lowest BCUT2D eigenvalue weighted by Gasteiger charge is -2.48. The van der Waals surface area contributed by atoms with Crippen LogP contribution in [0.25, 0.3) is 11.3 Å². The molecule has 0 saturated carbocycles. The number of hydrogen-bond acceptors (Lipinski definition) is 13. The number of fused-ring (bicyclic) bond motifs is 2. The van der Waals surface area contributed by atoms with Gasteiger partial charge in [0, 0.05) is 73.8 Å². The third-order valence-corrected chi connectivity index (χ3v) is 14.9. The summed E-state index contributed by atoms with van der Waals surface area (Å²) >= 11 is 0. The van der Waals surface area contributed by atoms with Crippen molar-refractivity contribution in [2.75, 3.05) is 51.9 Å². The van der Waals surface area contributed by atoms with Gasteiger partial charge in [-0.1, -0.05) is 30.0 Å². The molecule has 3 fully saturated rings. The van der Waals surface area contributed by atoms with E-state index in [0.717, 1.165) is 71.3 Å². The number of alkyl carbamates (subject to hydrolysis) is 2. The van der Waals surface area contributed by atoms with Gasteiger partial charge in [-0.05, 0) is 108 Å². The lowest BCUT2D eigenvalue weighted by Crippen LogP contribution is -2.62. The molecule has 0 unspecified atom stereocenters. The predicted octanol–water partition coefficient (Wildman–Crippen LogP) is 6.73. The topological polar surface area (TPSA) is 200 Å². The van der Waals surface area contributed by atoms with E-state index in [-0.39, 0.29) is 11.3 Å². The number of pyridine rings is 2. The molecule has 2 aromatic carbocycles. The zero-order valence-electron chi connectivity index (χ0n) is 44.9. The number of methoxy groups -OCH3 is 1. The molecule has 432 valence electrons. The van der Waals surface area contributed by atoms with Crippen LogP contribution in [0.15, 0.2) is 72.9 Å². The van der Waals surface area contributed by atoms with Gasteiger partial charge in [-0.2, -0.15) is 26.3 Å². The summed E-state index contributed by atoms with van der Waals surface area (Å²) in [6.07, 6.45) is -14.9. The van der Waals surface area contributed by atoms with Crippen LogP contribution in [0.3, 0.4) is 0 Å². The van der Waals surface area contributed by atoms with E-state index >= 15 is 8.78 Å². The minimum atomic E-state index is -5.22. The normalized spacial score (nSPS) is 18.4. The van der Waals surface area contributed by atoms with E-state index in [1.54, 1.807) is 24.3 Å². The number of nitrogens with one attached hydrogen (secondary N) is 4. The van der Waals surface area contributed by atoms with Crippen LogP contribution in [0.1, 0.15) is 68.5 Å². The zero-order valence-corrected chi connectivity index (χ0v) is 44.9. The number of aryl methyl sites for hydroxylation is 1. The molecule has 2 bridgehead atoms. The Morgan fingerprint density at radius 3 is 2.01 bits per heavy atom. The summed E-state index contributed by atoms with van der Waals surface area (Å²) in [6.45, 7) is 5.34. The Bertz CT molecular complexity index is 2900. The number of hydrogen-bond donors (Lipinski definition) is 5. The maximum absolute atomic E-state index is 16.1. The lowest BCUT2D eigenvalue weighted by atomic mass is 9.82. The average molecular weight is 1130 g/mol. The van der Waals surface area contributed by atoms with Gasteiger partial charge < -0.3 is 40.2 Å². The highest BCUT2D eigenvalue weighted by atomic mass is 19.4. The first-order valence-electron chi connectivity index (χ1n) is 25.6. The highest BCUT2D eigenvalue weighted by molar-refractivity contribution is 5.87. The number of aromatic nitrogens is 2. The number of nitrogens with zero attached hydrogens (tertiary/aromatic N) is 5. The van der Waals surface area contributed by atoms with Crippen LogP contribution < -0.4 is 26.3 Å². The van der Waals surface area contributed by atoms with Gasteiger partial charge in [-0.3, -0.25) is 24.9 Å². The van der Waals surface area contributed by atoms with Gasteiger partial charge in [-0.15, -0.1) is 0 Å². The minimum absolute atomic E-state index is 0.0321. The van der Waals surface area contributed by atoms with Crippen LogP contribution in [0.5, 0.6) is 0 Å². The molecule has 0 aliphatic carbocycles. The van der Waals surface area contributed by atoms with Crippen molar-refractivity contribution in [3.8, 4) is 23.1 Å². The fourth-order valence-electron chi connectivity index (χ4n) is 9.74. The Balaban J connectivity index is 1.19. The second kappa shape index (κ2) is 24.7. The molecule has 3 saturated heterocycles. The molecule has 4 amide bonds. The monoisotopic (exact) mass is 1130 g/mol. The summed E-state index contributed by atoms with van der Waals surface area (Å²) < 4.78 is 134. The second-order valence-corrected chi connectivity index (χ2v) is 21.1. The fraction of sp³-hybridized carbons (Fsp3) is 0.491. The Morgan fingerprint density at radius 1 is 0.838 bits per heavy atom. The number of carbonyl (C=O) groups excluding carboxylic acids is 4. The third-order valence-electron chi connectivity index (χ3n) is 14.9. The summed E-state index contributed by atoms with van der Waals surface area (Å²) in [7, 11) is 1.85. The SMILES string of the molecule is CNC(=O)O[C@H](C(=O)NN(Cc1c(F)cc(-c2ccccn2)cc1F)C[C@H](O)[C@H](Cc1ccc(C#Cc2ccc(N3C[C@@H]4CC[C@@H](C3)N4C3COC3)nc2C)cc1)NC(=O)[C@@H](NC(=O)OC)C(C)(C)C(F)(F)F)C(C)(C)C(F)(F)F. The van der Waals surface area contributed by atoms with Crippen molar-refractivity contribution in [3.63, 3.8) is 0 Å². The van der Waals surface area contributed by atoms with Crippen molar-refractivity contribution in [1.29, 1.82) is 0 Å². The van der Waals surface area contributed by atoms with Crippen molar-refractivity contribution < 1.29 is 73.6 Å². The molecule has 17 nitrogen and oxygen atoms in total. The average Bonchev–Trinajstić information content (AvgIpc) is 3.61. The Morgan fingerprint density at radius 2 is 1.48 bits per heavy atom. The van der Waals surface area contributed by atoms with E-state index in [2.05, 4.69) is 42.1 Å². The number of aliphatic hydroxyl groups excluding tert-OH is 1. The van der Waals surface area contributed by atoms with Crippen molar-refractivity contribution >= 4 is 29.8 Å². The van der Waals surface area contributed by atoms with E-state index in [9.17, 15) is 50.6 Å². The molecule has 4 aromatic rings. The van der Waals surface area contributed by atoms with Gasteiger partial charge in [0.2, 0.25) is 5.91 Å². The van der Waals surface area contributed by atoms with Gasteiger partial charge in [0.1, 0.15) is 28.9 Å². The summed E-state index contributed by atoms with van der Waals surface area (Å²) in [5.41, 5.74) is -2.58. The highest BCUT2D eigenvalue weighted by Crippen LogP contribution is 2.43. The molecular weight excluding hydrogens is 1070 g/mol. The van der Waals surface area contributed by atoms with Gasteiger partial charge in [0.05, 0.1) is 55.3 Å². The standard InChI is InChI=1S/C55H63F8N9O8/c1-31-34(17-20-45(66-31)70-25-36-18-19-37(26-70)72(36)38-29-79-30-38)16-15-32-11-13-33(14-12-32)22-43(67-48(74)46(68-51(77)78-7)52(2,3)54(58,59)60)44(73)28-71(69-49(75)47(80-50(76)64-6)53(4,5)55(61,62)63)27-39-40(56)23-35(24-41(39)57)42-10-8-9-21-65-42/h8-14,17,20-21,23-24,36-38,43-44,46-47,73H,18-19,22,25-30H2,1-7H3,(H,64,76)(H,67,74)(H,68,77)(H,69,75)/t36-,37-,43-,44-,46+,47+/m0/s1. The van der Waals surface area contributed by atoms with Gasteiger partial charge >= 0.3 is 24.5 Å². The molecule has 25 heteroatoms. The Labute approximate surface area is 457 Å². The maximum Gasteiger partial charge on any atom is 0.407 e. The first-order valence-corrected chi connectivity index (χ1v) is 25.6. The van der Waals surface area contributed by atoms with Crippen LogP contribution >= 0.6 is 0 Å². The second-order valence-electron chi connectivity index (χ2n) is 21.1. The molecule has 0 spiro atoms. The van der Waals surface area contributed by atoms with E-state index in [1.807, 2.05) is 29.7 Å². The number of aliphatic hydroxyl groups is 1. The van der Waals surface area contributed by atoms with Crippen molar-refractivity contribution in [1.82, 2.24) is 41.3 Å². The number of halogens is 8. The van der Waals surface area contributed by atoms with Crippen molar-refractivity contribution in [2.24, 2.45) is 10.8 Å². The quantitative estimate of drug-likeness (QED) is 0.0400. The van der Waals surface area contributed by atoms with Crippen LogP contribution in [-0.4, -0.2) is 151 Å². The van der Waals surface area contributed by atoms with Crippen LogP contribution in [0.4, 0.5) is 50.5 Å². The fourth-order valence-corrected chi connectivity index (χ4v) is 9.74. The molecule has 5 N–H and O–H groups in total. The van der Waals surface area contributed by atoms with E-state index in [4.69, 9.17) is 14.5 Å². The number of piperazine rings is 1. The molecule has 2 aromatic heterocycles. The maximum atomic E-state index is 16.1. The molecule has 0 radical (unpaired) electrons. The molecule has 5 heterocycles. The molecular formula is C55H63F8N9O8. The van der Waals surface area contributed by atoms with E-state index in [1.165, 1.54) is 24.4 Å². The number of rotatable bonds is 18. The smallest absolute Gasteiger partial charge is 0.407 e. The van der Waals surface area contributed by atoms with E-state index < -0.39 is 108 Å². The number of ether oxygens (including phenoxy) is 3. The number of hydrazine groups is 1. The number of benzene rings is 2. The van der Waals surface area contributed by atoms with Crippen LogP contribution in [0, 0.1) is 41.2 Å². The van der Waals surface area contributed by atoms with Crippen molar-refractivity contribution in [3.05, 3.63) is 113 Å². The zero-order chi connectivity index (χ0) is 58.5. The largest absolute Gasteiger partial charge is 0.453 e. The Kier molecular flexibility index (Phi) is 18.7. The van der Waals surface area contributed by atoms with Gasteiger partial charge in [-0.25, -0.2) is 28.4 Å². The third kappa shape index (κ3) is 13.9. The lowest BCUT2D eigenvalue weighted by molar-refractivity contribution is -0.239. The van der Waals surface area contributed by atoms with Gasteiger partial charge in [0.15, 0.2) is 6.10 Å². The minimum Gasteiger partial charge on any atom is -0.453 e. The summed E-state index contributed by atoms with van der Waals surface area (Å²) in [4.78, 5) is 66.8. The summed E-state index contributed by atoms with van der Waals surface area (Å²) in [5, 5.41) is 18.9. The molecule has 7 rings (SSSR count). The molecule has 6 atom stereocenters. The molecule has 3 aliphatic rings. The number of anilines is 1. The summed E-state index contributed by atoms with van der Waals surface area (Å²) in [5.74, 6) is 1.38. The summed E-state index contributed by atoms with van der Waals surface area (Å²) in [6, 6.07) is 13.6. The van der Waals surface area contributed by atoms with Gasteiger partial charge in [0.25, 0.3) is 5.91 Å².